The molecule has 1 rings (SSSR count). The van der Waals surface area contributed by atoms with Crippen molar-refractivity contribution in [2.75, 3.05) is 32.7 Å². The Morgan fingerprint density at radius 1 is 1.33 bits per heavy atom. The molecule has 90 valence electrons. The van der Waals surface area contributed by atoms with E-state index in [1.165, 1.54) is 6.54 Å². The van der Waals surface area contributed by atoms with Crippen LogP contribution in [0.2, 0.25) is 0 Å². The topological polar surface area (TPSA) is 24.5 Å². The summed E-state index contributed by atoms with van der Waals surface area (Å²) in [6.07, 6.45) is 0.778. The van der Waals surface area contributed by atoms with Crippen LogP contribution in [0.15, 0.2) is 0 Å². The fraction of sp³-hybridized carbons (Fsp3) is 1.00. The van der Waals surface area contributed by atoms with Crippen molar-refractivity contribution in [1.29, 1.82) is 0 Å². The lowest BCUT2D eigenvalue weighted by Gasteiger charge is -2.36. The molecule has 0 aromatic rings. The van der Waals surface area contributed by atoms with E-state index in [4.69, 9.17) is 4.74 Å². The molecule has 0 aromatic carbocycles. The highest BCUT2D eigenvalue weighted by molar-refractivity contribution is 4.75. The van der Waals surface area contributed by atoms with Crippen molar-refractivity contribution < 1.29 is 4.74 Å². The van der Waals surface area contributed by atoms with Gasteiger partial charge in [-0.05, 0) is 32.9 Å². The third-order valence-corrected chi connectivity index (χ3v) is 2.81. The van der Waals surface area contributed by atoms with Crippen molar-refractivity contribution in [2.24, 2.45) is 5.92 Å². The lowest BCUT2D eigenvalue weighted by molar-refractivity contribution is -0.0708. The van der Waals surface area contributed by atoms with Gasteiger partial charge in [0.2, 0.25) is 0 Å². The summed E-state index contributed by atoms with van der Waals surface area (Å²) < 4.78 is 5.72. The Morgan fingerprint density at radius 2 is 1.93 bits per heavy atom. The second-order valence-electron chi connectivity index (χ2n) is 4.89. The van der Waals surface area contributed by atoms with Crippen molar-refractivity contribution in [3.8, 4) is 0 Å². The molecule has 1 N–H and O–H groups in total. The number of nitrogens with one attached hydrogen (secondary N) is 1. The summed E-state index contributed by atoms with van der Waals surface area (Å²) in [5.74, 6) is 0.724. The van der Waals surface area contributed by atoms with Crippen molar-refractivity contribution >= 4 is 0 Å². The fourth-order valence-electron chi connectivity index (χ4n) is 2.33. The Balaban J connectivity index is 2.24. The molecular formula is C12H26N2O. The Labute approximate surface area is 94.2 Å². The van der Waals surface area contributed by atoms with Gasteiger partial charge in [0.1, 0.15) is 0 Å². The Hall–Kier alpha value is -0.120. The van der Waals surface area contributed by atoms with E-state index in [9.17, 15) is 0 Å². The summed E-state index contributed by atoms with van der Waals surface area (Å²) in [5.41, 5.74) is 0. The van der Waals surface area contributed by atoms with Gasteiger partial charge in [-0.1, -0.05) is 13.8 Å². The predicted octanol–water partition coefficient (Wildman–Crippen LogP) is 1.34. The molecule has 3 heteroatoms. The highest BCUT2D eigenvalue weighted by atomic mass is 16.5. The SMILES string of the molecule is CCNCC(C)CN1CC(C)OC(C)C1. The van der Waals surface area contributed by atoms with Gasteiger partial charge in [0, 0.05) is 19.6 Å². The Bertz CT molecular complexity index is 165. The van der Waals surface area contributed by atoms with E-state index >= 15 is 0 Å². The van der Waals surface area contributed by atoms with Crippen LogP contribution in [0.1, 0.15) is 27.7 Å². The molecule has 1 fully saturated rings. The Kier molecular flexibility index (Phi) is 5.58. The summed E-state index contributed by atoms with van der Waals surface area (Å²) >= 11 is 0. The Morgan fingerprint density at radius 3 is 2.47 bits per heavy atom. The van der Waals surface area contributed by atoms with Gasteiger partial charge in [0.05, 0.1) is 12.2 Å². The summed E-state index contributed by atoms with van der Waals surface area (Å²) in [7, 11) is 0. The van der Waals surface area contributed by atoms with Gasteiger partial charge in [0.25, 0.3) is 0 Å². The highest BCUT2D eigenvalue weighted by Gasteiger charge is 2.22. The standard InChI is InChI=1S/C12H26N2O/c1-5-13-6-10(2)7-14-8-11(3)15-12(4)9-14/h10-13H,5-9H2,1-4H3. The van der Waals surface area contributed by atoms with E-state index in [1.54, 1.807) is 0 Å². The van der Waals surface area contributed by atoms with Gasteiger partial charge < -0.3 is 10.1 Å². The van der Waals surface area contributed by atoms with Crippen LogP contribution < -0.4 is 5.32 Å². The fourth-order valence-corrected chi connectivity index (χ4v) is 2.33. The van der Waals surface area contributed by atoms with E-state index in [-0.39, 0.29) is 0 Å². The van der Waals surface area contributed by atoms with Crippen molar-refractivity contribution in [1.82, 2.24) is 10.2 Å². The van der Waals surface area contributed by atoms with E-state index in [1.807, 2.05) is 0 Å². The molecule has 0 radical (unpaired) electrons. The summed E-state index contributed by atoms with van der Waals surface area (Å²) in [6, 6.07) is 0. The summed E-state index contributed by atoms with van der Waals surface area (Å²) in [6.45, 7) is 14.3. The lowest BCUT2D eigenvalue weighted by Crippen LogP contribution is -2.47. The third-order valence-electron chi connectivity index (χ3n) is 2.81. The van der Waals surface area contributed by atoms with Crippen LogP contribution in [0.5, 0.6) is 0 Å². The molecule has 1 aliphatic heterocycles. The number of rotatable bonds is 5. The van der Waals surface area contributed by atoms with Gasteiger partial charge in [-0.2, -0.15) is 0 Å². The molecule has 3 nitrogen and oxygen atoms in total. The molecule has 3 atom stereocenters. The van der Waals surface area contributed by atoms with Crippen LogP contribution in [0.3, 0.4) is 0 Å². The summed E-state index contributed by atoms with van der Waals surface area (Å²) in [4.78, 5) is 2.53. The minimum absolute atomic E-state index is 0.389. The van der Waals surface area contributed by atoms with E-state index in [0.717, 1.165) is 32.1 Å². The number of morpholine rings is 1. The first-order chi connectivity index (χ1) is 7.11. The quantitative estimate of drug-likeness (QED) is 0.747. The first-order valence-electron chi connectivity index (χ1n) is 6.20. The van der Waals surface area contributed by atoms with Gasteiger partial charge in [-0.3, -0.25) is 4.90 Å². The molecule has 0 bridgehead atoms. The van der Waals surface area contributed by atoms with Crippen LogP contribution >= 0.6 is 0 Å². The maximum atomic E-state index is 5.72. The smallest absolute Gasteiger partial charge is 0.0678 e. The molecule has 1 aliphatic rings. The molecule has 0 amide bonds. The van der Waals surface area contributed by atoms with Crippen LogP contribution in [-0.2, 0) is 4.74 Å². The third kappa shape index (κ3) is 4.96. The number of nitrogens with zero attached hydrogens (tertiary/aromatic N) is 1. The average molecular weight is 214 g/mol. The molecule has 15 heavy (non-hydrogen) atoms. The lowest BCUT2D eigenvalue weighted by atomic mass is 10.1. The van der Waals surface area contributed by atoms with E-state index < -0.39 is 0 Å². The van der Waals surface area contributed by atoms with Gasteiger partial charge in [0.15, 0.2) is 0 Å². The second-order valence-corrected chi connectivity index (χ2v) is 4.89. The van der Waals surface area contributed by atoms with E-state index in [0.29, 0.717) is 12.2 Å². The van der Waals surface area contributed by atoms with Crippen molar-refractivity contribution in [2.45, 2.75) is 39.9 Å². The molecule has 0 aromatic heterocycles. The summed E-state index contributed by atoms with van der Waals surface area (Å²) in [5, 5.41) is 3.40. The van der Waals surface area contributed by atoms with Gasteiger partial charge in [-0.15, -0.1) is 0 Å². The maximum absolute atomic E-state index is 5.72. The zero-order valence-electron chi connectivity index (χ0n) is 10.6. The van der Waals surface area contributed by atoms with Crippen LogP contribution in [0.4, 0.5) is 0 Å². The maximum Gasteiger partial charge on any atom is 0.0678 e. The zero-order valence-corrected chi connectivity index (χ0v) is 10.6. The van der Waals surface area contributed by atoms with Crippen LogP contribution in [0.25, 0.3) is 0 Å². The number of ether oxygens (including phenoxy) is 1. The van der Waals surface area contributed by atoms with Crippen LogP contribution in [-0.4, -0.2) is 49.8 Å². The van der Waals surface area contributed by atoms with Gasteiger partial charge >= 0.3 is 0 Å². The van der Waals surface area contributed by atoms with Gasteiger partial charge in [-0.25, -0.2) is 0 Å². The molecule has 3 unspecified atom stereocenters. The van der Waals surface area contributed by atoms with Crippen molar-refractivity contribution in [3.05, 3.63) is 0 Å². The first-order valence-corrected chi connectivity index (χ1v) is 6.20. The largest absolute Gasteiger partial charge is 0.373 e. The van der Waals surface area contributed by atoms with Crippen LogP contribution in [0, 0.1) is 5.92 Å². The normalized spacial score (nSPS) is 30.4. The van der Waals surface area contributed by atoms with E-state index in [2.05, 4.69) is 37.9 Å². The minimum atomic E-state index is 0.389. The predicted molar refractivity (Wildman–Crippen MR) is 64.2 cm³/mol. The molecule has 0 spiro atoms. The number of hydrogen-bond donors (Lipinski definition) is 1. The minimum Gasteiger partial charge on any atom is -0.373 e. The highest BCUT2D eigenvalue weighted by Crippen LogP contribution is 2.12. The molecule has 0 aliphatic carbocycles. The average Bonchev–Trinajstić information content (AvgIpc) is 2.13. The monoisotopic (exact) mass is 214 g/mol. The number of hydrogen-bond acceptors (Lipinski definition) is 3. The van der Waals surface area contributed by atoms with Crippen molar-refractivity contribution in [3.63, 3.8) is 0 Å². The molecule has 0 saturated carbocycles. The first kappa shape index (κ1) is 12.9. The molecule has 1 saturated heterocycles. The molecule has 1 heterocycles. The zero-order chi connectivity index (χ0) is 11.3. The second kappa shape index (κ2) is 6.46. The molecular weight excluding hydrogens is 188 g/mol.